The largest absolute Gasteiger partial charge is 1.00 e. The third-order valence-corrected chi connectivity index (χ3v) is 5.13. The Morgan fingerprint density at radius 3 is 2.14 bits per heavy atom. The van der Waals surface area contributed by atoms with Gasteiger partial charge in [-0.05, 0) is 12.1 Å². The molecule has 0 radical (unpaired) electrons. The second kappa shape index (κ2) is 6.94. The minimum Gasteiger partial charge on any atom is -1.00 e. The molecule has 0 atom stereocenters. The number of quaternary nitrogens is 1. The number of nitrogens with one attached hydrogen (secondary N) is 1. The number of sulfonamides is 1. The first-order chi connectivity index (χ1) is 9.45. The first-order valence-electron chi connectivity index (χ1n) is 5.99. The van der Waals surface area contributed by atoms with Crippen molar-refractivity contribution in [1.29, 1.82) is 0 Å². The Kier molecular flexibility index (Phi) is 5.78. The zero-order valence-electron chi connectivity index (χ0n) is 10.9. The zero-order valence-corrected chi connectivity index (χ0v) is 12.5. The topological polar surface area (TPSA) is 102 Å². The van der Waals surface area contributed by atoms with Gasteiger partial charge >= 0.3 is 0 Å². The van der Waals surface area contributed by atoms with Gasteiger partial charge in [-0.2, -0.15) is 4.31 Å². The molecule has 21 heavy (non-hydrogen) atoms. The third-order valence-electron chi connectivity index (χ3n) is 3.22. The lowest BCUT2D eigenvalue weighted by Gasteiger charge is -2.28. The van der Waals surface area contributed by atoms with Gasteiger partial charge in [0.15, 0.2) is 0 Å². The molecule has 1 fully saturated rings. The average Bonchev–Trinajstić information content (AvgIpc) is 2.47. The summed E-state index contributed by atoms with van der Waals surface area (Å²) in [5.41, 5.74) is -0.154. The van der Waals surface area contributed by atoms with E-state index in [0.29, 0.717) is 18.0 Å². The molecule has 0 saturated carbocycles. The summed E-state index contributed by atoms with van der Waals surface area (Å²) in [4.78, 5) is 21.3. The van der Waals surface area contributed by atoms with E-state index < -0.39 is 14.9 Å². The summed E-state index contributed by atoms with van der Waals surface area (Å²) in [6.45, 7) is 1.37. The van der Waals surface area contributed by atoms with Gasteiger partial charge in [-0.1, -0.05) is 0 Å². The van der Waals surface area contributed by atoms with Crippen LogP contribution < -0.4 is 17.3 Å². The van der Waals surface area contributed by atoms with Crippen LogP contribution in [0.3, 0.4) is 0 Å². The Labute approximate surface area is 127 Å². The number of nitro groups is 1. The van der Waals surface area contributed by atoms with Crippen molar-refractivity contribution in [3.63, 3.8) is 0 Å². The highest BCUT2D eigenvalue weighted by Gasteiger charge is 2.30. The van der Waals surface area contributed by atoms with Crippen LogP contribution in [0.5, 0.6) is 0 Å². The number of benzene rings is 1. The van der Waals surface area contributed by atoms with Gasteiger partial charge in [-0.15, -0.1) is 0 Å². The molecule has 1 amide bonds. The van der Waals surface area contributed by atoms with Crippen molar-refractivity contribution in [2.75, 3.05) is 26.2 Å². The molecule has 2 rings (SSSR count). The Balaban J connectivity index is 0.00000220. The van der Waals surface area contributed by atoms with Crippen molar-refractivity contribution in [1.82, 2.24) is 4.31 Å². The minimum absolute atomic E-state index is 0. The molecule has 0 aliphatic carbocycles. The number of nitrogens with zero attached hydrogens (tertiary/aromatic N) is 2. The Bertz CT molecular complexity index is 611. The van der Waals surface area contributed by atoms with E-state index in [2.05, 4.69) is 0 Å². The summed E-state index contributed by atoms with van der Waals surface area (Å²) in [5, 5.41) is 10.5. The predicted octanol–water partition coefficient (Wildman–Crippen LogP) is -4.36. The summed E-state index contributed by atoms with van der Waals surface area (Å²) >= 11 is 0. The lowest BCUT2D eigenvalue weighted by molar-refractivity contribution is -0.815. The maximum absolute atomic E-state index is 12.3. The molecule has 1 N–H and O–H groups in total. The van der Waals surface area contributed by atoms with Crippen LogP contribution >= 0.6 is 0 Å². The fraction of sp³-hybridized carbons (Fsp3) is 0.364. The van der Waals surface area contributed by atoms with Crippen molar-refractivity contribution in [2.45, 2.75) is 4.90 Å². The molecule has 1 aromatic rings. The quantitative estimate of drug-likeness (QED) is 0.340. The van der Waals surface area contributed by atoms with Crippen LogP contribution in [0.25, 0.3) is 0 Å². The molecule has 0 spiro atoms. The number of carbonyl (C=O) groups excluding carboxylic acids is 1. The van der Waals surface area contributed by atoms with Gasteiger partial charge in [-0.3, -0.25) is 15.0 Å². The Morgan fingerprint density at radius 2 is 1.71 bits per heavy atom. The molecule has 0 unspecified atom stereocenters. The molecule has 10 heteroatoms. The third kappa shape index (κ3) is 3.76. The van der Waals surface area contributed by atoms with Crippen molar-refractivity contribution in [3.8, 4) is 0 Å². The number of nitro benzene ring substituents is 1. The summed E-state index contributed by atoms with van der Waals surface area (Å²) in [6, 6.07) is 4.79. The van der Waals surface area contributed by atoms with Crippen LogP contribution in [-0.2, 0) is 14.8 Å². The second-order valence-corrected chi connectivity index (χ2v) is 6.37. The normalized spacial score (nSPS) is 17.0. The number of hydrogen-bond donors (Lipinski definition) is 1. The molecule has 8 nitrogen and oxygen atoms in total. The lowest BCUT2D eigenvalue weighted by atomic mass is 10.3. The Hall–Kier alpha value is -1.55. The van der Waals surface area contributed by atoms with Crippen molar-refractivity contribution < 1.29 is 35.4 Å². The molecule has 1 aromatic carbocycles. The number of halogens is 1. The van der Waals surface area contributed by atoms with E-state index in [-0.39, 0.29) is 36.1 Å². The van der Waals surface area contributed by atoms with E-state index in [1.807, 2.05) is 0 Å². The van der Waals surface area contributed by atoms with Crippen LogP contribution in [0, 0.1) is 10.1 Å². The molecule has 1 aliphatic rings. The molecular weight excluding hydrogens is 322 g/mol. The van der Waals surface area contributed by atoms with E-state index >= 15 is 0 Å². The molecule has 1 saturated heterocycles. The average molecular weight is 336 g/mol. The molecule has 1 heterocycles. The number of rotatable bonds is 4. The van der Waals surface area contributed by atoms with Crippen LogP contribution in [0.15, 0.2) is 29.2 Å². The number of piperazine rings is 1. The van der Waals surface area contributed by atoms with Gasteiger partial charge in [-0.25, -0.2) is 13.2 Å². The fourth-order valence-electron chi connectivity index (χ4n) is 2.02. The zero-order chi connectivity index (χ0) is 14.8. The molecule has 0 aromatic heterocycles. The second-order valence-electron chi connectivity index (χ2n) is 4.43. The summed E-state index contributed by atoms with van der Waals surface area (Å²) < 4.78 is 25.9. The van der Waals surface area contributed by atoms with Crippen LogP contribution in [0.1, 0.15) is 0 Å². The van der Waals surface area contributed by atoms with Crippen molar-refractivity contribution in [3.05, 3.63) is 34.4 Å². The van der Waals surface area contributed by atoms with Crippen molar-refractivity contribution >= 4 is 22.1 Å². The highest BCUT2D eigenvalue weighted by Crippen LogP contribution is 2.19. The van der Waals surface area contributed by atoms with Gasteiger partial charge in [0.25, 0.3) is 12.1 Å². The molecule has 0 bridgehead atoms. The smallest absolute Gasteiger partial charge is 0.299 e. The van der Waals surface area contributed by atoms with Crippen molar-refractivity contribution in [2.24, 2.45) is 0 Å². The highest BCUT2D eigenvalue weighted by atomic mass is 35.5. The van der Waals surface area contributed by atoms with E-state index in [1.54, 1.807) is 0 Å². The van der Waals surface area contributed by atoms with Crippen LogP contribution in [-0.4, -0.2) is 50.2 Å². The van der Waals surface area contributed by atoms with Gasteiger partial charge in [0, 0.05) is 12.1 Å². The van der Waals surface area contributed by atoms with Gasteiger partial charge in [0.1, 0.15) is 0 Å². The van der Waals surface area contributed by atoms with Crippen LogP contribution in [0.4, 0.5) is 5.69 Å². The number of hydrogen-bond acceptors (Lipinski definition) is 5. The van der Waals surface area contributed by atoms with E-state index in [1.165, 1.54) is 28.6 Å². The fourth-order valence-corrected chi connectivity index (χ4v) is 3.46. The highest BCUT2D eigenvalue weighted by molar-refractivity contribution is 7.89. The maximum Gasteiger partial charge on any atom is 0.299 e. The molecular formula is C11H14ClN3O5S. The first-order valence-corrected chi connectivity index (χ1v) is 7.43. The summed E-state index contributed by atoms with van der Waals surface area (Å²) in [6.07, 6.45) is 0.774. The lowest BCUT2D eigenvalue weighted by Crippen LogP contribution is -3.14. The number of amides is 1. The molecule has 116 valence electrons. The Morgan fingerprint density at radius 1 is 1.19 bits per heavy atom. The van der Waals surface area contributed by atoms with Gasteiger partial charge in [0.05, 0.1) is 36.0 Å². The van der Waals surface area contributed by atoms with Gasteiger partial charge < -0.3 is 12.4 Å². The minimum atomic E-state index is -3.65. The summed E-state index contributed by atoms with van der Waals surface area (Å²) in [7, 11) is -3.65. The first kappa shape index (κ1) is 17.5. The number of carbonyl (C=O) groups is 1. The molecule has 1 aliphatic heterocycles. The predicted molar refractivity (Wildman–Crippen MR) is 68.6 cm³/mol. The SMILES string of the molecule is O=C[NH+]1CCN(S(=O)(=O)c2ccc([N+](=O)[O-])cc2)CC1.[Cl-]. The number of non-ortho nitro benzene ring substituents is 1. The van der Waals surface area contributed by atoms with E-state index in [0.717, 1.165) is 6.41 Å². The van der Waals surface area contributed by atoms with Gasteiger partial charge in [0.2, 0.25) is 10.0 Å². The van der Waals surface area contributed by atoms with E-state index in [4.69, 9.17) is 0 Å². The van der Waals surface area contributed by atoms with Crippen LogP contribution in [0.2, 0.25) is 0 Å². The standard InChI is InChI=1S/C11H13N3O5S.ClH/c15-9-12-5-7-13(8-6-12)20(18,19)11-3-1-10(2-4-11)14(16)17;/h1-4,9H,5-8H2;1H. The summed E-state index contributed by atoms with van der Waals surface area (Å²) in [5.74, 6) is 0. The maximum atomic E-state index is 12.3. The van der Waals surface area contributed by atoms with E-state index in [9.17, 15) is 23.3 Å². The monoisotopic (exact) mass is 335 g/mol.